The van der Waals surface area contributed by atoms with Gasteiger partial charge in [-0.25, -0.2) is 0 Å². The van der Waals surface area contributed by atoms with Crippen molar-refractivity contribution in [3.8, 4) is 5.75 Å². The van der Waals surface area contributed by atoms with Crippen LogP contribution >= 0.6 is 0 Å². The Bertz CT molecular complexity index is 865. The zero-order valence-electron chi connectivity index (χ0n) is 19.0. The molecular weight excluding hydrogens is 376 g/mol. The molecule has 0 unspecified atom stereocenters. The number of amides is 2. The first-order valence-electron chi connectivity index (χ1n) is 10.5. The summed E-state index contributed by atoms with van der Waals surface area (Å²) >= 11 is 0. The Hall–Kier alpha value is -2.82. The molecule has 0 bridgehead atoms. The van der Waals surface area contributed by atoms with Gasteiger partial charge in [-0.15, -0.1) is 0 Å². The number of hydrogen-bond donors (Lipinski definition) is 2. The van der Waals surface area contributed by atoms with Gasteiger partial charge in [0.2, 0.25) is 0 Å². The molecular formula is C25H34N2O3. The van der Waals surface area contributed by atoms with E-state index >= 15 is 0 Å². The van der Waals surface area contributed by atoms with Crippen LogP contribution in [0.3, 0.4) is 0 Å². The van der Waals surface area contributed by atoms with Crippen molar-refractivity contribution in [1.29, 1.82) is 0 Å². The molecule has 0 aliphatic heterocycles. The summed E-state index contributed by atoms with van der Waals surface area (Å²) < 4.78 is 5.76. The second-order valence-electron chi connectivity index (χ2n) is 8.92. The van der Waals surface area contributed by atoms with Gasteiger partial charge in [-0.1, -0.05) is 64.4 Å². The minimum absolute atomic E-state index is 0.0588. The third kappa shape index (κ3) is 6.90. The number of hydrogen-bond acceptors (Lipinski definition) is 3. The Labute approximate surface area is 180 Å². The molecule has 2 N–H and O–H groups in total. The van der Waals surface area contributed by atoms with E-state index in [0.717, 1.165) is 16.9 Å². The first kappa shape index (κ1) is 23.5. The van der Waals surface area contributed by atoms with Crippen LogP contribution in [0, 0.1) is 6.92 Å². The maximum Gasteiger partial charge on any atom is 0.258 e. The van der Waals surface area contributed by atoms with Crippen molar-refractivity contribution in [2.75, 3.05) is 19.7 Å². The smallest absolute Gasteiger partial charge is 0.258 e. The molecule has 0 heterocycles. The van der Waals surface area contributed by atoms with E-state index in [-0.39, 0.29) is 23.8 Å². The molecule has 0 radical (unpaired) electrons. The fourth-order valence-corrected chi connectivity index (χ4v) is 3.05. The Morgan fingerprint density at radius 2 is 1.60 bits per heavy atom. The summed E-state index contributed by atoms with van der Waals surface area (Å²) in [7, 11) is 0. The predicted octanol–water partition coefficient (Wildman–Crippen LogP) is 4.34. The monoisotopic (exact) mass is 410 g/mol. The second-order valence-corrected chi connectivity index (χ2v) is 8.92. The maximum absolute atomic E-state index is 12.2. The summed E-state index contributed by atoms with van der Waals surface area (Å²) in [5, 5.41) is 5.59. The molecule has 2 aromatic carbocycles. The Morgan fingerprint density at radius 3 is 2.20 bits per heavy atom. The van der Waals surface area contributed by atoms with Gasteiger partial charge in [0.1, 0.15) is 5.75 Å². The molecule has 0 spiro atoms. The predicted molar refractivity (Wildman–Crippen MR) is 121 cm³/mol. The van der Waals surface area contributed by atoms with E-state index in [9.17, 15) is 9.59 Å². The van der Waals surface area contributed by atoms with Gasteiger partial charge >= 0.3 is 0 Å². The summed E-state index contributed by atoms with van der Waals surface area (Å²) in [4.78, 5) is 24.3. The fraction of sp³-hybridized carbons (Fsp3) is 0.440. The van der Waals surface area contributed by atoms with E-state index in [2.05, 4.69) is 51.3 Å². The molecule has 0 atom stereocenters. The highest BCUT2D eigenvalue weighted by atomic mass is 16.5. The van der Waals surface area contributed by atoms with Crippen molar-refractivity contribution in [1.82, 2.24) is 10.6 Å². The topological polar surface area (TPSA) is 67.4 Å². The minimum Gasteiger partial charge on any atom is -0.483 e. The summed E-state index contributed by atoms with van der Waals surface area (Å²) in [5.41, 5.74) is 3.97. The lowest BCUT2D eigenvalue weighted by Gasteiger charge is -2.23. The van der Waals surface area contributed by atoms with E-state index in [4.69, 9.17) is 4.74 Å². The van der Waals surface area contributed by atoms with Crippen molar-refractivity contribution < 1.29 is 14.3 Å². The first-order valence-corrected chi connectivity index (χ1v) is 10.5. The van der Waals surface area contributed by atoms with E-state index in [1.165, 1.54) is 5.56 Å². The van der Waals surface area contributed by atoms with Crippen LogP contribution in [-0.2, 0) is 10.2 Å². The van der Waals surface area contributed by atoms with E-state index in [0.29, 0.717) is 24.6 Å². The normalized spacial score (nSPS) is 11.3. The first-order chi connectivity index (χ1) is 14.1. The Morgan fingerprint density at radius 1 is 0.967 bits per heavy atom. The quantitative estimate of drug-likeness (QED) is 0.636. The molecule has 2 rings (SSSR count). The zero-order chi connectivity index (χ0) is 22.3. The molecule has 0 aromatic heterocycles. The number of rotatable bonds is 8. The fourth-order valence-electron chi connectivity index (χ4n) is 3.05. The number of aryl methyl sites for hydroxylation is 1. The van der Waals surface area contributed by atoms with Crippen LogP contribution in [0.4, 0.5) is 0 Å². The standard InChI is InChI=1S/C25H34N2O3/c1-17(2)19-8-10-20(11-9-19)24(29)27-14-13-26-23(28)16-30-22-12-7-18(3)15-21(22)25(4,5)6/h7-12,15,17H,13-14,16H2,1-6H3,(H,26,28)(H,27,29). The van der Waals surface area contributed by atoms with Crippen molar-refractivity contribution in [3.05, 3.63) is 64.7 Å². The highest BCUT2D eigenvalue weighted by Gasteiger charge is 2.19. The molecule has 0 saturated carbocycles. The van der Waals surface area contributed by atoms with Crippen LogP contribution < -0.4 is 15.4 Å². The molecule has 2 aromatic rings. The molecule has 0 fully saturated rings. The number of ether oxygens (including phenoxy) is 1. The van der Waals surface area contributed by atoms with Gasteiger partial charge in [-0.05, 0) is 47.6 Å². The summed E-state index contributed by atoms with van der Waals surface area (Å²) in [6.07, 6.45) is 0. The van der Waals surface area contributed by atoms with Gasteiger partial charge < -0.3 is 15.4 Å². The number of nitrogens with one attached hydrogen (secondary N) is 2. The summed E-state index contributed by atoms with van der Waals surface area (Å²) in [6, 6.07) is 13.6. The lowest BCUT2D eigenvalue weighted by Crippen LogP contribution is -2.36. The van der Waals surface area contributed by atoms with Gasteiger partial charge in [0.15, 0.2) is 6.61 Å². The van der Waals surface area contributed by atoms with Crippen LogP contribution in [0.1, 0.15) is 67.6 Å². The van der Waals surface area contributed by atoms with Crippen molar-refractivity contribution >= 4 is 11.8 Å². The molecule has 5 heteroatoms. The lowest BCUT2D eigenvalue weighted by atomic mass is 9.85. The molecule has 0 saturated heterocycles. The Balaban J connectivity index is 1.76. The van der Waals surface area contributed by atoms with Crippen LogP contribution in [-0.4, -0.2) is 31.5 Å². The highest BCUT2D eigenvalue weighted by molar-refractivity contribution is 5.94. The minimum atomic E-state index is -0.217. The highest BCUT2D eigenvalue weighted by Crippen LogP contribution is 2.32. The largest absolute Gasteiger partial charge is 0.483 e. The zero-order valence-corrected chi connectivity index (χ0v) is 19.0. The summed E-state index contributed by atoms with van der Waals surface area (Å²) in [5.74, 6) is 0.788. The van der Waals surface area contributed by atoms with Crippen LogP contribution in [0.15, 0.2) is 42.5 Å². The third-order valence-electron chi connectivity index (χ3n) is 4.87. The SMILES string of the molecule is Cc1ccc(OCC(=O)NCCNC(=O)c2ccc(C(C)C)cc2)c(C(C)(C)C)c1. The number of carbonyl (C=O) groups excluding carboxylic acids is 2. The van der Waals surface area contributed by atoms with E-state index in [1.807, 2.05) is 43.3 Å². The molecule has 30 heavy (non-hydrogen) atoms. The average Bonchev–Trinajstić information content (AvgIpc) is 2.69. The van der Waals surface area contributed by atoms with Gasteiger partial charge in [0.25, 0.3) is 11.8 Å². The molecule has 0 aliphatic carbocycles. The number of benzene rings is 2. The van der Waals surface area contributed by atoms with Crippen molar-refractivity contribution in [3.63, 3.8) is 0 Å². The molecule has 162 valence electrons. The lowest BCUT2D eigenvalue weighted by molar-refractivity contribution is -0.123. The molecule has 5 nitrogen and oxygen atoms in total. The van der Waals surface area contributed by atoms with Gasteiger partial charge in [-0.3, -0.25) is 9.59 Å². The summed E-state index contributed by atoms with van der Waals surface area (Å²) in [6.45, 7) is 13.3. The van der Waals surface area contributed by atoms with Gasteiger partial charge in [-0.2, -0.15) is 0 Å². The number of carbonyl (C=O) groups is 2. The van der Waals surface area contributed by atoms with Crippen molar-refractivity contribution in [2.45, 2.75) is 52.9 Å². The third-order valence-corrected chi connectivity index (χ3v) is 4.87. The van der Waals surface area contributed by atoms with E-state index < -0.39 is 0 Å². The van der Waals surface area contributed by atoms with Crippen molar-refractivity contribution in [2.24, 2.45) is 0 Å². The van der Waals surface area contributed by atoms with Gasteiger partial charge in [0, 0.05) is 18.7 Å². The van der Waals surface area contributed by atoms with Crippen LogP contribution in [0.5, 0.6) is 5.75 Å². The van der Waals surface area contributed by atoms with Gasteiger partial charge in [0.05, 0.1) is 0 Å². The molecule has 2 amide bonds. The van der Waals surface area contributed by atoms with Crippen LogP contribution in [0.25, 0.3) is 0 Å². The average molecular weight is 411 g/mol. The molecule has 0 aliphatic rings. The van der Waals surface area contributed by atoms with E-state index in [1.54, 1.807) is 0 Å². The Kier molecular flexibility index (Phi) is 8.04. The second kappa shape index (κ2) is 10.3. The van der Waals surface area contributed by atoms with Crippen LogP contribution in [0.2, 0.25) is 0 Å². The maximum atomic E-state index is 12.2.